The number of nitrogens with one attached hydrogen (secondary N) is 1. The van der Waals surface area contributed by atoms with Crippen molar-refractivity contribution in [3.8, 4) is 17.0 Å². The molecule has 158 valence electrons. The average Bonchev–Trinajstić information content (AvgIpc) is 3.18. The number of carboxylic acids is 2. The Labute approximate surface area is 172 Å². The number of carbonyl (C=O) groups is 2. The van der Waals surface area contributed by atoms with E-state index in [9.17, 15) is 14.7 Å². The lowest BCUT2D eigenvalue weighted by Crippen LogP contribution is -2.42. The van der Waals surface area contributed by atoms with Crippen molar-refractivity contribution >= 4 is 23.5 Å². The SMILES string of the molecule is CC(C)(C)NCC(O)COc1ccc(-c2csnn2)cc1.O=C(O)/C=C\C(=O)O. The summed E-state index contributed by atoms with van der Waals surface area (Å²) >= 11 is 1.33. The van der Waals surface area contributed by atoms with E-state index in [2.05, 4.69) is 35.7 Å². The van der Waals surface area contributed by atoms with Gasteiger partial charge < -0.3 is 25.4 Å². The van der Waals surface area contributed by atoms with Crippen LogP contribution in [0.25, 0.3) is 11.3 Å². The quantitative estimate of drug-likeness (QED) is 0.469. The molecule has 2 rings (SSSR count). The lowest BCUT2D eigenvalue weighted by atomic mass is 10.1. The van der Waals surface area contributed by atoms with Crippen LogP contribution < -0.4 is 10.1 Å². The highest BCUT2D eigenvalue weighted by Crippen LogP contribution is 2.21. The predicted octanol–water partition coefficient (Wildman–Crippen LogP) is 2.04. The molecule has 1 heterocycles. The van der Waals surface area contributed by atoms with Crippen molar-refractivity contribution in [2.45, 2.75) is 32.4 Å². The van der Waals surface area contributed by atoms with Crippen molar-refractivity contribution in [3.05, 3.63) is 41.8 Å². The molecular formula is C19H25N3O6S. The summed E-state index contributed by atoms with van der Waals surface area (Å²) in [6, 6.07) is 7.62. The van der Waals surface area contributed by atoms with Crippen LogP contribution in [0.1, 0.15) is 20.8 Å². The van der Waals surface area contributed by atoms with E-state index in [0.717, 1.165) is 17.0 Å². The maximum atomic E-state index is 9.87. The van der Waals surface area contributed by atoms with Crippen LogP contribution in [0.3, 0.4) is 0 Å². The number of rotatable bonds is 8. The highest BCUT2D eigenvalue weighted by Gasteiger charge is 2.12. The summed E-state index contributed by atoms with van der Waals surface area (Å²) in [6.07, 6.45) is 0.580. The second-order valence-electron chi connectivity index (χ2n) is 6.92. The molecule has 0 aliphatic carbocycles. The fourth-order valence-corrected chi connectivity index (χ4v) is 2.30. The first-order chi connectivity index (χ1) is 13.6. The van der Waals surface area contributed by atoms with Gasteiger partial charge in [0.1, 0.15) is 24.2 Å². The second-order valence-corrected chi connectivity index (χ2v) is 7.53. The van der Waals surface area contributed by atoms with Gasteiger partial charge in [-0.2, -0.15) is 0 Å². The summed E-state index contributed by atoms with van der Waals surface area (Å²) in [6.45, 7) is 6.96. The summed E-state index contributed by atoms with van der Waals surface area (Å²) in [5.74, 6) is -1.78. The van der Waals surface area contributed by atoms with E-state index in [-0.39, 0.29) is 12.1 Å². The molecule has 0 spiro atoms. The van der Waals surface area contributed by atoms with Gasteiger partial charge in [0, 0.05) is 35.2 Å². The number of carboxylic acid groups (broad SMARTS) is 2. The van der Waals surface area contributed by atoms with E-state index in [1.807, 2.05) is 29.6 Å². The van der Waals surface area contributed by atoms with Gasteiger partial charge in [-0.3, -0.25) is 0 Å². The van der Waals surface area contributed by atoms with Crippen LogP contribution in [0.2, 0.25) is 0 Å². The summed E-state index contributed by atoms with van der Waals surface area (Å²) in [7, 11) is 0. The van der Waals surface area contributed by atoms with Crippen molar-refractivity contribution in [1.29, 1.82) is 0 Å². The first-order valence-electron chi connectivity index (χ1n) is 8.64. The van der Waals surface area contributed by atoms with E-state index in [0.29, 0.717) is 18.7 Å². The van der Waals surface area contributed by atoms with Crippen molar-refractivity contribution in [2.24, 2.45) is 0 Å². The smallest absolute Gasteiger partial charge is 0.328 e. The molecule has 0 aliphatic heterocycles. The highest BCUT2D eigenvalue weighted by atomic mass is 32.1. The monoisotopic (exact) mass is 423 g/mol. The van der Waals surface area contributed by atoms with Crippen LogP contribution in [0.15, 0.2) is 41.8 Å². The Hall–Kier alpha value is -2.82. The van der Waals surface area contributed by atoms with Crippen molar-refractivity contribution in [1.82, 2.24) is 14.9 Å². The number of β-amino-alcohol motifs (C(OH)–C–C–N with tert-alkyl or cyclic N) is 1. The third-order valence-corrected chi connectivity index (χ3v) is 3.69. The maximum absolute atomic E-state index is 9.87. The fourth-order valence-electron chi connectivity index (χ4n) is 1.83. The number of aromatic nitrogens is 2. The Kier molecular flexibility index (Phi) is 9.93. The summed E-state index contributed by atoms with van der Waals surface area (Å²) in [4.78, 5) is 19.1. The number of aliphatic hydroxyl groups is 1. The molecule has 0 bridgehead atoms. The van der Waals surface area contributed by atoms with Gasteiger partial charge in [0.15, 0.2) is 0 Å². The molecule has 0 saturated carbocycles. The third kappa shape index (κ3) is 11.6. The average molecular weight is 423 g/mol. The standard InChI is InChI=1S/C15H21N3O2S.C4H4O4/c1-15(2,3)16-8-12(19)9-20-13-6-4-11(5-7-13)14-10-21-18-17-14;5-3(6)1-2-4(7)8/h4-7,10,12,16,19H,8-9H2,1-3H3;1-2H,(H,5,6)(H,7,8)/b;2-1-. The maximum Gasteiger partial charge on any atom is 0.328 e. The number of ether oxygens (including phenoxy) is 1. The first-order valence-corrected chi connectivity index (χ1v) is 9.48. The minimum atomic E-state index is -1.26. The Morgan fingerprint density at radius 3 is 2.21 bits per heavy atom. The molecule has 0 fully saturated rings. The zero-order valence-corrected chi connectivity index (χ0v) is 17.2. The molecule has 0 amide bonds. The van der Waals surface area contributed by atoms with Gasteiger partial charge in [-0.05, 0) is 56.6 Å². The zero-order chi connectivity index (χ0) is 21.9. The molecule has 10 heteroatoms. The molecule has 1 atom stereocenters. The number of benzene rings is 1. The number of aliphatic carboxylic acids is 2. The van der Waals surface area contributed by atoms with E-state index >= 15 is 0 Å². The molecule has 0 radical (unpaired) electrons. The van der Waals surface area contributed by atoms with Crippen molar-refractivity contribution < 1.29 is 29.6 Å². The molecule has 9 nitrogen and oxygen atoms in total. The lowest BCUT2D eigenvalue weighted by Gasteiger charge is -2.22. The molecule has 0 saturated heterocycles. The predicted molar refractivity (Wildman–Crippen MR) is 109 cm³/mol. The van der Waals surface area contributed by atoms with Crippen molar-refractivity contribution in [2.75, 3.05) is 13.2 Å². The number of nitrogens with zero attached hydrogens (tertiary/aromatic N) is 2. The van der Waals surface area contributed by atoms with E-state index in [1.54, 1.807) is 0 Å². The number of hydrogen-bond donors (Lipinski definition) is 4. The largest absolute Gasteiger partial charge is 0.491 e. The lowest BCUT2D eigenvalue weighted by molar-refractivity contribution is -0.134. The summed E-state index contributed by atoms with van der Waals surface area (Å²) in [5, 5.41) is 34.7. The Bertz CT molecular complexity index is 769. The third-order valence-electron chi connectivity index (χ3n) is 3.19. The zero-order valence-electron chi connectivity index (χ0n) is 16.4. The molecular weight excluding hydrogens is 398 g/mol. The Balaban J connectivity index is 0.000000447. The van der Waals surface area contributed by atoms with Crippen LogP contribution in [0.5, 0.6) is 5.75 Å². The Morgan fingerprint density at radius 2 is 1.76 bits per heavy atom. The number of aliphatic hydroxyl groups excluding tert-OH is 1. The minimum absolute atomic E-state index is 0.00972. The van der Waals surface area contributed by atoms with E-state index in [1.165, 1.54) is 11.5 Å². The first kappa shape index (κ1) is 24.2. The van der Waals surface area contributed by atoms with Gasteiger partial charge >= 0.3 is 11.9 Å². The topological polar surface area (TPSA) is 142 Å². The number of hydrogen-bond acceptors (Lipinski definition) is 8. The van der Waals surface area contributed by atoms with Crippen LogP contribution in [0.4, 0.5) is 0 Å². The molecule has 29 heavy (non-hydrogen) atoms. The van der Waals surface area contributed by atoms with Crippen LogP contribution in [-0.4, -0.2) is 61.6 Å². The molecule has 4 N–H and O–H groups in total. The second kappa shape index (κ2) is 11.9. The van der Waals surface area contributed by atoms with E-state index in [4.69, 9.17) is 14.9 Å². The Morgan fingerprint density at radius 1 is 1.17 bits per heavy atom. The van der Waals surface area contributed by atoms with Crippen molar-refractivity contribution in [3.63, 3.8) is 0 Å². The summed E-state index contributed by atoms with van der Waals surface area (Å²) < 4.78 is 9.42. The van der Waals surface area contributed by atoms with Gasteiger partial charge in [0.05, 0.1) is 0 Å². The molecule has 2 aromatic rings. The van der Waals surface area contributed by atoms with Crippen LogP contribution in [-0.2, 0) is 9.59 Å². The highest BCUT2D eigenvalue weighted by molar-refractivity contribution is 7.03. The van der Waals surface area contributed by atoms with Crippen LogP contribution >= 0.6 is 11.5 Å². The van der Waals surface area contributed by atoms with E-state index < -0.39 is 18.0 Å². The molecule has 0 aliphatic rings. The van der Waals surface area contributed by atoms with Gasteiger partial charge in [0.25, 0.3) is 0 Å². The van der Waals surface area contributed by atoms with Gasteiger partial charge in [0.2, 0.25) is 0 Å². The summed E-state index contributed by atoms with van der Waals surface area (Å²) in [5.41, 5.74) is 1.86. The fraction of sp³-hybridized carbons (Fsp3) is 0.368. The van der Waals surface area contributed by atoms with Gasteiger partial charge in [-0.15, -0.1) is 5.10 Å². The van der Waals surface area contributed by atoms with Crippen LogP contribution in [0, 0.1) is 0 Å². The van der Waals surface area contributed by atoms with Gasteiger partial charge in [-0.1, -0.05) is 4.49 Å². The minimum Gasteiger partial charge on any atom is -0.491 e. The molecule has 1 aromatic carbocycles. The normalized spacial score (nSPS) is 12.1. The van der Waals surface area contributed by atoms with Gasteiger partial charge in [-0.25, -0.2) is 9.59 Å². The molecule has 1 aromatic heterocycles. The molecule has 1 unspecified atom stereocenters.